The van der Waals surface area contributed by atoms with Gasteiger partial charge in [-0.25, -0.2) is 0 Å². The standard InChI is InChI=1S/C10H13NO2/c1-8(12)4-10(6-13-7-10)9-2-3-11-5-9/h2-3,5,11H,4,6-7H2,1H3. The Morgan fingerprint density at radius 2 is 2.46 bits per heavy atom. The number of hydrogen-bond donors (Lipinski definition) is 1. The van der Waals surface area contributed by atoms with Gasteiger partial charge in [0.2, 0.25) is 0 Å². The van der Waals surface area contributed by atoms with Crippen molar-refractivity contribution in [1.82, 2.24) is 4.98 Å². The average Bonchev–Trinajstić information content (AvgIpc) is 2.48. The molecule has 2 heterocycles. The van der Waals surface area contributed by atoms with Crippen LogP contribution in [-0.4, -0.2) is 24.0 Å². The molecule has 0 aliphatic carbocycles. The van der Waals surface area contributed by atoms with Gasteiger partial charge in [-0.1, -0.05) is 0 Å². The van der Waals surface area contributed by atoms with Crippen molar-refractivity contribution in [1.29, 1.82) is 0 Å². The lowest BCUT2D eigenvalue weighted by molar-refractivity contribution is -0.125. The number of H-pyrrole nitrogens is 1. The Labute approximate surface area is 77.1 Å². The molecule has 1 N–H and O–H groups in total. The highest BCUT2D eigenvalue weighted by molar-refractivity contribution is 5.77. The van der Waals surface area contributed by atoms with Crippen molar-refractivity contribution in [3.05, 3.63) is 24.0 Å². The Kier molecular flexibility index (Phi) is 1.96. The zero-order chi connectivity index (χ0) is 9.31. The second kappa shape index (κ2) is 3.00. The van der Waals surface area contributed by atoms with Crippen LogP contribution in [0.15, 0.2) is 18.5 Å². The van der Waals surface area contributed by atoms with Gasteiger partial charge in [-0.2, -0.15) is 0 Å². The minimum Gasteiger partial charge on any atom is -0.379 e. The Bertz CT molecular complexity index is 299. The second-order valence-corrected chi connectivity index (χ2v) is 3.75. The zero-order valence-electron chi connectivity index (χ0n) is 7.67. The van der Waals surface area contributed by atoms with Crippen LogP contribution in [0.2, 0.25) is 0 Å². The molecule has 0 atom stereocenters. The first kappa shape index (κ1) is 8.51. The number of carbonyl (C=O) groups excluding carboxylic acids is 1. The molecule has 0 saturated carbocycles. The molecule has 1 aromatic rings. The van der Waals surface area contributed by atoms with Gasteiger partial charge in [0.05, 0.1) is 18.6 Å². The lowest BCUT2D eigenvalue weighted by Crippen LogP contribution is -2.47. The smallest absolute Gasteiger partial charge is 0.130 e. The van der Waals surface area contributed by atoms with Crippen LogP contribution in [0, 0.1) is 0 Å². The summed E-state index contributed by atoms with van der Waals surface area (Å²) in [6.45, 7) is 2.97. The summed E-state index contributed by atoms with van der Waals surface area (Å²) >= 11 is 0. The largest absolute Gasteiger partial charge is 0.379 e. The molecule has 0 aromatic carbocycles. The van der Waals surface area contributed by atoms with E-state index in [2.05, 4.69) is 4.98 Å². The molecule has 3 nitrogen and oxygen atoms in total. The van der Waals surface area contributed by atoms with Crippen molar-refractivity contribution in [2.24, 2.45) is 0 Å². The van der Waals surface area contributed by atoms with Crippen molar-refractivity contribution >= 4 is 5.78 Å². The van der Waals surface area contributed by atoms with E-state index < -0.39 is 0 Å². The molecule has 1 aromatic heterocycles. The summed E-state index contributed by atoms with van der Waals surface area (Å²) in [5, 5.41) is 0. The van der Waals surface area contributed by atoms with Crippen LogP contribution in [0.3, 0.4) is 0 Å². The van der Waals surface area contributed by atoms with Crippen LogP contribution in [0.25, 0.3) is 0 Å². The van der Waals surface area contributed by atoms with Gasteiger partial charge in [-0.3, -0.25) is 4.79 Å². The van der Waals surface area contributed by atoms with E-state index in [0.29, 0.717) is 19.6 Å². The van der Waals surface area contributed by atoms with Gasteiger partial charge in [0.1, 0.15) is 5.78 Å². The molecule has 1 saturated heterocycles. The van der Waals surface area contributed by atoms with Gasteiger partial charge >= 0.3 is 0 Å². The van der Waals surface area contributed by atoms with Gasteiger partial charge in [0, 0.05) is 18.8 Å². The number of ether oxygens (including phenoxy) is 1. The third kappa shape index (κ3) is 1.40. The van der Waals surface area contributed by atoms with E-state index in [-0.39, 0.29) is 11.2 Å². The number of carbonyl (C=O) groups is 1. The number of ketones is 1. The quantitative estimate of drug-likeness (QED) is 0.759. The van der Waals surface area contributed by atoms with E-state index in [1.165, 1.54) is 5.56 Å². The van der Waals surface area contributed by atoms with Crippen LogP contribution in [0.5, 0.6) is 0 Å². The number of aromatic nitrogens is 1. The van der Waals surface area contributed by atoms with Crippen LogP contribution in [-0.2, 0) is 14.9 Å². The molecule has 0 radical (unpaired) electrons. The zero-order valence-corrected chi connectivity index (χ0v) is 7.67. The van der Waals surface area contributed by atoms with Gasteiger partial charge < -0.3 is 9.72 Å². The summed E-state index contributed by atoms with van der Waals surface area (Å²) in [6.07, 6.45) is 4.42. The van der Waals surface area contributed by atoms with E-state index in [9.17, 15) is 4.79 Å². The number of hydrogen-bond acceptors (Lipinski definition) is 2. The highest BCUT2D eigenvalue weighted by atomic mass is 16.5. The van der Waals surface area contributed by atoms with Crippen molar-refractivity contribution in [3.63, 3.8) is 0 Å². The molecule has 0 spiro atoms. The molecule has 13 heavy (non-hydrogen) atoms. The van der Waals surface area contributed by atoms with Crippen molar-refractivity contribution < 1.29 is 9.53 Å². The third-order valence-electron chi connectivity index (χ3n) is 2.55. The fourth-order valence-corrected chi connectivity index (χ4v) is 1.85. The summed E-state index contributed by atoms with van der Waals surface area (Å²) in [5.74, 6) is 0.226. The molecule has 1 aliphatic heterocycles. The Hall–Kier alpha value is -1.09. The molecule has 2 rings (SSSR count). The normalized spacial score (nSPS) is 19.5. The second-order valence-electron chi connectivity index (χ2n) is 3.75. The molecule has 0 unspecified atom stereocenters. The molecule has 1 aliphatic rings. The van der Waals surface area contributed by atoms with Crippen LogP contribution >= 0.6 is 0 Å². The van der Waals surface area contributed by atoms with Crippen molar-refractivity contribution in [2.45, 2.75) is 18.8 Å². The lowest BCUT2D eigenvalue weighted by atomic mass is 9.76. The molecule has 3 heteroatoms. The Morgan fingerprint density at radius 1 is 1.69 bits per heavy atom. The molecular weight excluding hydrogens is 166 g/mol. The van der Waals surface area contributed by atoms with E-state index in [4.69, 9.17) is 4.74 Å². The van der Waals surface area contributed by atoms with Gasteiger partial charge in [0.15, 0.2) is 0 Å². The van der Waals surface area contributed by atoms with E-state index in [1.54, 1.807) is 6.92 Å². The molecular formula is C10H13NO2. The molecule has 0 bridgehead atoms. The van der Waals surface area contributed by atoms with Crippen molar-refractivity contribution in [2.75, 3.05) is 13.2 Å². The topological polar surface area (TPSA) is 42.1 Å². The number of Topliss-reactive ketones (excluding diaryl/α,β-unsaturated/α-hetero) is 1. The Balaban J connectivity index is 2.20. The predicted molar refractivity (Wildman–Crippen MR) is 48.6 cm³/mol. The first-order valence-corrected chi connectivity index (χ1v) is 4.43. The lowest BCUT2D eigenvalue weighted by Gasteiger charge is -2.40. The number of nitrogens with one attached hydrogen (secondary N) is 1. The summed E-state index contributed by atoms with van der Waals surface area (Å²) in [4.78, 5) is 14.1. The minimum atomic E-state index is -0.0359. The van der Waals surface area contributed by atoms with Gasteiger partial charge in [0.25, 0.3) is 0 Å². The maximum Gasteiger partial charge on any atom is 0.130 e. The number of rotatable bonds is 3. The highest BCUT2D eigenvalue weighted by Crippen LogP contribution is 2.35. The molecule has 0 amide bonds. The van der Waals surface area contributed by atoms with Gasteiger partial charge in [-0.15, -0.1) is 0 Å². The summed E-state index contributed by atoms with van der Waals surface area (Å²) in [7, 11) is 0. The van der Waals surface area contributed by atoms with E-state index in [0.717, 1.165) is 0 Å². The van der Waals surface area contributed by atoms with Crippen LogP contribution in [0.1, 0.15) is 18.9 Å². The highest BCUT2D eigenvalue weighted by Gasteiger charge is 2.41. The van der Waals surface area contributed by atoms with Gasteiger partial charge in [-0.05, 0) is 18.6 Å². The Morgan fingerprint density at radius 3 is 2.85 bits per heavy atom. The van der Waals surface area contributed by atoms with E-state index >= 15 is 0 Å². The summed E-state index contributed by atoms with van der Waals surface area (Å²) in [6, 6.07) is 2.02. The summed E-state index contributed by atoms with van der Waals surface area (Å²) in [5.41, 5.74) is 1.15. The molecule has 70 valence electrons. The van der Waals surface area contributed by atoms with Crippen LogP contribution in [0.4, 0.5) is 0 Å². The third-order valence-corrected chi connectivity index (χ3v) is 2.55. The number of aromatic amines is 1. The fraction of sp³-hybridized carbons (Fsp3) is 0.500. The van der Waals surface area contributed by atoms with Crippen molar-refractivity contribution in [3.8, 4) is 0 Å². The maximum absolute atomic E-state index is 11.1. The average molecular weight is 179 g/mol. The predicted octanol–water partition coefficient (Wildman–Crippen LogP) is 1.26. The van der Waals surface area contributed by atoms with Crippen LogP contribution < -0.4 is 0 Å². The fourth-order valence-electron chi connectivity index (χ4n) is 1.85. The molecule has 1 fully saturated rings. The first-order chi connectivity index (χ1) is 6.23. The maximum atomic E-state index is 11.1. The van der Waals surface area contributed by atoms with E-state index in [1.807, 2.05) is 18.5 Å². The first-order valence-electron chi connectivity index (χ1n) is 4.43. The summed E-state index contributed by atoms with van der Waals surface area (Å²) < 4.78 is 5.20. The SMILES string of the molecule is CC(=O)CC1(c2cc[nH]c2)COC1. The monoisotopic (exact) mass is 179 g/mol. The minimum absolute atomic E-state index is 0.0359.